The number of ether oxygens (including phenoxy) is 2. The van der Waals surface area contributed by atoms with E-state index in [1.165, 1.54) is 12.1 Å². The van der Waals surface area contributed by atoms with Gasteiger partial charge < -0.3 is 9.47 Å². The Kier molecular flexibility index (Phi) is 5.20. The second-order valence-electron chi connectivity index (χ2n) is 6.55. The third-order valence-corrected chi connectivity index (χ3v) is 3.47. The number of benzene rings is 1. The number of non-ortho nitro benzene ring substituents is 1. The van der Waals surface area contributed by atoms with Gasteiger partial charge in [0.15, 0.2) is 0 Å². The van der Waals surface area contributed by atoms with E-state index in [1.807, 2.05) is 20.8 Å². The van der Waals surface area contributed by atoms with Gasteiger partial charge in [0.2, 0.25) is 0 Å². The molecule has 0 spiro atoms. The molecule has 1 aliphatic rings. The first-order valence-corrected chi connectivity index (χ1v) is 7.57. The quantitative estimate of drug-likeness (QED) is 0.628. The predicted molar refractivity (Wildman–Crippen MR) is 84.1 cm³/mol. The van der Waals surface area contributed by atoms with Crippen molar-refractivity contribution in [3.63, 3.8) is 0 Å². The number of hydrogen-bond acceptors (Lipinski definition) is 5. The summed E-state index contributed by atoms with van der Waals surface area (Å²) in [4.78, 5) is 24.4. The molecule has 7 heteroatoms. The average molecular weight is 322 g/mol. The Labute approximate surface area is 135 Å². The number of rotatable bonds is 4. The SMILES string of the molecule is CC(C)(C)OC(=O)N(Cc1ccc([N+](=O)[O-])cc1)C1CCOC1. The van der Waals surface area contributed by atoms with Gasteiger partial charge in [0.25, 0.3) is 5.69 Å². The van der Waals surface area contributed by atoms with Crippen LogP contribution in [-0.2, 0) is 16.0 Å². The van der Waals surface area contributed by atoms with Crippen LogP contribution < -0.4 is 0 Å². The fraction of sp³-hybridized carbons (Fsp3) is 0.562. The maximum Gasteiger partial charge on any atom is 0.410 e. The summed E-state index contributed by atoms with van der Waals surface area (Å²) < 4.78 is 10.8. The van der Waals surface area contributed by atoms with E-state index in [0.29, 0.717) is 19.8 Å². The van der Waals surface area contributed by atoms with Crippen molar-refractivity contribution in [2.75, 3.05) is 13.2 Å². The van der Waals surface area contributed by atoms with Crippen molar-refractivity contribution in [1.82, 2.24) is 4.90 Å². The van der Waals surface area contributed by atoms with Crippen LogP contribution in [-0.4, -0.2) is 40.8 Å². The van der Waals surface area contributed by atoms with Crippen LogP contribution in [0.3, 0.4) is 0 Å². The second-order valence-corrected chi connectivity index (χ2v) is 6.55. The Balaban J connectivity index is 2.13. The highest BCUT2D eigenvalue weighted by Gasteiger charge is 2.31. The zero-order valence-corrected chi connectivity index (χ0v) is 13.7. The summed E-state index contributed by atoms with van der Waals surface area (Å²) in [5.74, 6) is 0. The molecule has 0 bridgehead atoms. The van der Waals surface area contributed by atoms with Gasteiger partial charge in [0, 0.05) is 25.3 Å². The summed E-state index contributed by atoms with van der Waals surface area (Å²) in [5.41, 5.74) is 0.264. The van der Waals surface area contributed by atoms with Gasteiger partial charge in [0.05, 0.1) is 17.6 Å². The van der Waals surface area contributed by atoms with Gasteiger partial charge in [0.1, 0.15) is 5.60 Å². The minimum Gasteiger partial charge on any atom is -0.444 e. The Morgan fingerprint density at radius 3 is 2.52 bits per heavy atom. The first kappa shape index (κ1) is 17.2. The second kappa shape index (κ2) is 6.95. The Morgan fingerprint density at radius 2 is 2.04 bits per heavy atom. The van der Waals surface area contributed by atoms with E-state index >= 15 is 0 Å². The van der Waals surface area contributed by atoms with E-state index < -0.39 is 16.6 Å². The molecule has 0 N–H and O–H groups in total. The summed E-state index contributed by atoms with van der Waals surface area (Å²) in [5, 5.41) is 10.7. The van der Waals surface area contributed by atoms with Crippen LogP contribution >= 0.6 is 0 Å². The number of hydrogen-bond donors (Lipinski definition) is 0. The maximum absolute atomic E-state index is 12.5. The van der Waals surface area contributed by atoms with Gasteiger partial charge in [-0.2, -0.15) is 0 Å². The number of nitro benzene ring substituents is 1. The fourth-order valence-electron chi connectivity index (χ4n) is 2.35. The summed E-state index contributed by atoms with van der Waals surface area (Å²) >= 11 is 0. The third kappa shape index (κ3) is 4.92. The lowest BCUT2D eigenvalue weighted by Gasteiger charge is -2.31. The number of carbonyl (C=O) groups excluding carboxylic acids is 1. The topological polar surface area (TPSA) is 81.9 Å². The highest BCUT2D eigenvalue weighted by atomic mass is 16.6. The van der Waals surface area contributed by atoms with Crippen LogP contribution in [0.2, 0.25) is 0 Å². The summed E-state index contributed by atoms with van der Waals surface area (Å²) in [6.45, 7) is 6.89. The minimum atomic E-state index is -0.579. The van der Waals surface area contributed by atoms with Gasteiger partial charge in [-0.1, -0.05) is 12.1 Å². The van der Waals surface area contributed by atoms with Gasteiger partial charge in [-0.05, 0) is 32.8 Å². The van der Waals surface area contributed by atoms with Crippen LogP contribution in [0.1, 0.15) is 32.8 Å². The maximum atomic E-state index is 12.5. The molecule has 23 heavy (non-hydrogen) atoms. The lowest BCUT2D eigenvalue weighted by molar-refractivity contribution is -0.384. The third-order valence-electron chi connectivity index (χ3n) is 3.47. The normalized spacial score (nSPS) is 17.8. The van der Waals surface area contributed by atoms with Crippen LogP contribution in [0.15, 0.2) is 24.3 Å². The standard InChI is InChI=1S/C16H22N2O5/c1-16(2,3)23-15(19)17(14-8-9-22-11-14)10-12-4-6-13(7-5-12)18(20)21/h4-7,14H,8-11H2,1-3H3. The molecule has 1 amide bonds. The van der Waals surface area contributed by atoms with E-state index in [2.05, 4.69) is 0 Å². The number of nitrogens with zero attached hydrogens (tertiary/aromatic N) is 2. The zero-order chi connectivity index (χ0) is 17.0. The lowest BCUT2D eigenvalue weighted by atomic mass is 10.1. The van der Waals surface area contributed by atoms with Gasteiger partial charge in [-0.25, -0.2) is 4.79 Å². The molecule has 0 aromatic heterocycles. The molecule has 126 valence electrons. The van der Waals surface area contributed by atoms with E-state index in [9.17, 15) is 14.9 Å². The average Bonchev–Trinajstić information content (AvgIpc) is 2.97. The number of carbonyl (C=O) groups is 1. The molecule has 1 aromatic carbocycles. The zero-order valence-electron chi connectivity index (χ0n) is 13.7. The van der Waals surface area contributed by atoms with Gasteiger partial charge >= 0.3 is 6.09 Å². The monoisotopic (exact) mass is 322 g/mol. The fourth-order valence-corrected chi connectivity index (χ4v) is 2.35. The van der Waals surface area contributed by atoms with Crippen molar-refractivity contribution in [1.29, 1.82) is 0 Å². The summed E-state index contributed by atoms with van der Waals surface area (Å²) in [6.07, 6.45) is 0.359. The molecule has 1 saturated heterocycles. The highest BCUT2D eigenvalue weighted by molar-refractivity contribution is 5.68. The summed E-state index contributed by atoms with van der Waals surface area (Å²) in [6, 6.07) is 6.15. The molecule has 1 aromatic rings. The van der Waals surface area contributed by atoms with E-state index in [1.54, 1.807) is 17.0 Å². The van der Waals surface area contributed by atoms with Gasteiger partial charge in [-0.15, -0.1) is 0 Å². The molecule has 1 unspecified atom stereocenters. The predicted octanol–water partition coefficient (Wildman–Crippen LogP) is 3.12. The molecule has 1 aliphatic heterocycles. The Morgan fingerprint density at radius 1 is 1.39 bits per heavy atom. The highest BCUT2D eigenvalue weighted by Crippen LogP contribution is 2.21. The van der Waals surface area contributed by atoms with Crippen LogP contribution in [0.25, 0.3) is 0 Å². The minimum absolute atomic E-state index is 0.0294. The molecule has 1 fully saturated rings. The van der Waals surface area contributed by atoms with Gasteiger partial charge in [-0.3, -0.25) is 15.0 Å². The molecular weight excluding hydrogens is 300 g/mol. The molecule has 0 saturated carbocycles. The van der Waals surface area contributed by atoms with Crippen molar-refractivity contribution in [3.05, 3.63) is 39.9 Å². The molecule has 1 atom stereocenters. The molecule has 0 aliphatic carbocycles. The first-order valence-electron chi connectivity index (χ1n) is 7.57. The van der Waals surface area contributed by atoms with Crippen molar-refractivity contribution in [2.45, 2.75) is 45.4 Å². The van der Waals surface area contributed by atoms with Crippen molar-refractivity contribution < 1.29 is 19.2 Å². The van der Waals surface area contributed by atoms with Crippen LogP contribution in [0, 0.1) is 10.1 Å². The molecular formula is C16H22N2O5. The summed E-state index contributed by atoms with van der Waals surface area (Å²) in [7, 11) is 0. The number of nitro groups is 1. The molecule has 7 nitrogen and oxygen atoms in total. The van der Waals surface area contributed by atoms with Crippen molar-refractivity contribution >= 4 is 11.8 Å². The largest absolute Gasteiger partial charge is 0.444 e. The van der Waals surface area contributed by atoms with Crippen LogP contribution in [0.5, 0.6) is 0 Å². The molecule has 1 heterocycles. The Bertz CT molecular complexity index is 559. The number of amides is 1. The van der Waals surface area contributed by atoms with E-state index in [-0.39, 0.29) is 11.7 Å². The van der Waals surface area contributed by atoms with E-state index in [4.69, 9.17) is 9.47 Å². The van der Waals surface area contributed by atoms with Crippen LogP contribution in [0.4, 0.5) is 10.5 Å². The van der Waals surface area contributed by atoms with E-state index in [0.717, 1.165) is 12.0 Å². The smallest absolute Gasteiger partial charge is 0.410 e. The van der Waals surface area contributed by atoms with Crippen molar-refractivity contribution in [2.24, 2.45) is 0 Å². The Hall–Kier alpha value is -2.15. The lowest BCUT2D eigenvalue weighted by Crippen LogP contribution is -2.43. The molecule has 2 rings (SSSR count). The molecule has 0 radical (unpaired) electrons. The van der Waals surface area contributed by atoms with Crippen molar-refractivity contribution in [3.8, 4) is 0 Å². The first-order chi connectivity index (χ1) is 10.8.